The lowest BCUT2D eigenvalue weighted by Crippen LogP contribution is -2.28. The number of benzene rings is 1. The molecule has 2 heterocycles. The summed E-state index contributed by atoms with van der Waals surface area (Å²) >= 11 is 0. The Balaban J connectivity index is 2.19. The molecule has 0 bridgehead atoms. The first-order valence-corrected chi connectivity index (χ1v) is 6.26. The fraction of sp³-hybridized carbons (Fsp3) is 0.438. The van der Waals surface area contributed by atoms with Crippen LogP contribution in [0.5, 0.6) is 0 Å². The molecule has 1 aromatic heterocycles. The number of nitrogens with one attached hydrogen (secondary N) is 2. The Morgan fingerprint density at radius 2 is 2.62 bits per heavy atom. The van der Waals surface area contributed by atoms with E-state index in [1.165, 1.54) is 7.05 Å². The Hall–Kier alpha value is -2.01. The SMILES string of the molecule is [2H]c1c(C[C@@H]2N([2H])C(=O)OC2([2H])[2H])c([2H])c2c(C([2H])([2H])CN(C)C([2H])([2H])[2H])cn([2H])c2c1[2H]. The molecule has 2 aromatic rings. The van der Waals surface area contributed by atoms with E-state index < -0.39 is 63.1 Å². The number of carbonyl (C=O) groups is 1. The Morgan fingerprint density at radius 1 is 1.71 bits per heavy atom. The Bertz CT molecular complexity index is 1110. The Labute approximate surface area is 141 Å². The molecule has 21 heavy (non-hydrogen) atoms. The van der Waals surface area contributed by atoms with E-state index >= 15 is 0 Å². The van der Waals surface area contributed by atoms with Gasteiger partial charge in [-0.1, -0.05) is 6.04 Å². The van der Waals surface area contributed by atoms with Crippen molar-refractivity contribution in [3.8, 4) is 0 Å². The number of alkyl carbamates (subject to hydrolysis) is 1. The highest BCUT2D eigenvalue weighted by Gasteiger charge is 2.22. The van der Waals surface area contributed by atoms with Crippen molar-refractivity contribution in [1.82, 2.24) is 15.2 Å². The lowest BCUT2D eigenvalue weighted by Gasteiger charge is -2.09. The number of carbonyl (C=O) groups excluding carboxylic acids is 1. The second kappa shape index (κ2) is 5.77. The molecule has 1 amide bonds. The van der Waals surface area contributed by atoms with E-state index in [-0.39, 0.29) is 27.3 Å². The van der Waals surface area contributed by atoms with Gasteiger partial charge in [-0.25, -0.2) is 4.79 Å². The predicted molar refractivity (Wildman–Crippen MR) is 82.5 cm³/mol. The van der Waals surface area contributed by atoms with Gasteiger partial charge in [0.15, 0.2) is 2.82 Å². The molecule has 112 valence electrons. The van der Waals surface area contributed by atoms with Crippen LogP contribution in [0.2, 0.25) is 2.82 Å². The number of ether oxygens (including phenoxy) is 1. The number of H-pyrrole nitrogens is 1. The van der Waals surface area contributed by atoms with E-state index in [1.807, 2.05) is 0 Å². The van der Waals surface area contributed by atoms with Crippen molar-refractivity contribution in [3.63, 3.8) is 0 Å². The van der Waals surface area contributed by atoms with Gasteiger partial charge in [0, 0.05) is 30.5 Å². The molecule has 1 atom stereocenters. The third-order valence-electron chi connectivity index (χ3n) is 2.88. The fourth-order valence-corrected chi connectivity index (χ4v) is 1.94. The van der Waals surface area contributed by atoms with Gasteiger partial charge >= 0.3 is 6.09 Å². The van der Waals surface area contributed by atoms with Gasteiger partial charge in [0.2, 0.25) is 0 Å². The van der Waals surface area contributed by atoms with Crippen LogP contribution >= 0.6 is 0 Å². The summed E-state index contributed by atoms with van der Waals surface area (Å²) in [6.45, 7) is -5.83. The molecule has 0 unspecified atom stereocenters. The quantitative estimate of drug-likeness (QED) is 0.887. The number of hydrogen-bond acceptors (Lipinski definition) is 3. The van der Waals surface area contributed by atoms with E-state index in [2.05, 4.69) is 4.74 Å². The van der Waals surface area contributed by atoms with E-state index in [9.17, 15) is 4.79 Å². The predicted octanol–water partition coefficient (Wildman–Crippen LogP) is 1.92. The Kier molecular flexibility index (Phi) is 1.55. The molecule has 0 spiro atoms. The molecule has 1 aliphatic rings. The molecule has 3 rings (SSSR count). The third kappa shape index (κ3) is 3.19. The van der Waals surface area contributed by atoms with Gasteiger partial charge in [-0.3, -0.25) is 0 Å². The van der Waals surface area contributed by atoms with Crippen LogP contribution in [0.1, 0.15) is 24.8 Å². The number of rotatable bonds is 5. The molecule has 5 heteroatoms. The number of hydrogen-bond donors (Lipinski definition) is 2. The summed E-state index contributed by atoms with van der Waals surface area (Å²) in [4.78, 5) is 13.1. The zero-order chi connectivity index (χ0) is 25.3. The van der Waals surface area contributed by atoms with Gasteiger partial charge in [-0.15, -0.1) is 0 Å². The summed E-state index contributed by atoms with van der Waals surface area (Å²) in [7, 11) is 1.19. The van der Waals surface area contributed by atoms with Crippen LogP contribution in [0.25, 0.3) is 10.9 Å². The van der Waals surface area contributed by atoms with Crippen molar-refractivity contribution in [1.29, 1.82) is 0 Å². The van der Waals surface area contributed by atoms with Crippen LogP contribution in [0, 0.1) is 0 Å². The number of aromatic amines is 1. The molecule has 1 aromatic carbocycles. The smallest absolute Gasteiger partial charge is 0.407 e. The molecule has 1 saturated heterocycles. The van der Waals surface area contributed by atoms with Crippen LogP contribution in [0.15, 0.2) is 24.3 Å². The van der Waals surface area contributed by atoms with Crippen molar-refractivity contribution < 1.29 is 26.1 Å². The van der Waals surface area contributed by atoms with Gasteiger partial charge < -0.3 is 19.9 Å². The molecule has 1 fully saturated rings. The van der Waals surface area contributed by atoms with Crippen LogP contribution in [-0.2, 0) is 17.5 Å². The van der Waals surface area contributed by atoms with Gasteiger partial charge in [-0.05, 0) is 50.0 Å². The largest absolute Gasteiger partial charge is 0.447 e. The summed E-state index contributed by atoms with van der Waals surface area (Å²) in [5, 5.41) is 0.0423. The molecule has 0 radical (unpaired) electrons. The second-order valence-electron chi connectivity index (χ2n) is 4.62. The minimum Gasteiger partial charge on any atom is -0.447 e. The topological polar surface area (TPSA) is 57.4 Å². The van der Waals surface area contributed by atoms with Crippen LogP contribution < -0.4 is 5.31 Å². The summed E-state index contributed by atoms with van der Waals surface area (Å²) in [5.74, 6) is 0. The van der Waals surface area contributed by atoms with E-state index in [1.54, 1.807) is 0 Å². The van der Waals surface area contributed by atoms with Crippen LogP contribution in [0.3, 0.4) is 0 Å². The zero-order valence-electron chi connectivity index (χ0n) is 23.2. The van der Waals surface area contributed by atoms with Crippen molar-refractivity contribution in [2.45, 2.75) is 18.8 Å². The molecule has 0 saturated carbocycles. The minimum absolute atomic E-state index is 0.202. The minimum atomic E-state index is -2.60. The monoisotopic (exact) mass is 299 g/mol. The van der Waals surface area contributed by atoms with Gasteiger partial charge in [0.1, 0.15) is 6.56 Å². The molecular weight excluding hydrogens is 266 g/mol. The van der Waals surface area contributed by atoms with Gasteiger partial charge in [0.05, 0.1) is 12.9 Å². The molecule has 5 nitrogen and oxygen atoms in total. The average molecular weight is 299 g/mol. The Morgan fingerprint density at radius 3 is 3.38 bits per heavy atom. The lowest BCUT2D eigenvalue weighted by molar-refractivity contribution is 0.177. The maximum Gasteiger partial charge on any atom is 0.407 e. The van der Waals surface area contributed by atoms with Crippen LogP contribution in [0.4, 0.5) is 4.79 Å². The number of cyclic esters (lactones) is 1. The molecule has 0 aliphatic carbocycles. The number of nitrogens with zero attached hydrogens (tertiary/aromatic N) is 1. The fourth-order valence-electron chi connectivity index (χ4n) is 1.94. The van der Waals surface area contributed by atoms with Crippen molar-refractivity contribution in [2.24, 2.45) is 0 Å². The number of likely N-dealkylation sites (N-methyl/N-ethyl adjacent to an activating group) is 1. The van der Waals surface area contributed by atoms with E-state index in [0.29, 0.717) is 4.98 Å². The zero-order valence-corrected chi connectivity index (χ0v) is 11.2. The molecular formula is C16H21N3O2. The maximum absolute atomic E-state index is 11.6. The van der Waals surface area contributed by atoms with Crippen LogP contribution in [-0.4, -0.2) is 49.1 Å². The van der Waals surface area contributed by atoms with Crippen molar-refractivity contribution >= 4 is 17.0 Å². The van der Waals surface area contributed by atoms with Gasteiger partial charge in [0.25, 0.3) is 0 Å². The molecule has 1 aliphatic heterocycles. The summed E-state index contributed by atoms with van der Waals surface area (Å²) in [5.41, 5.74) is -0.717. The first-order valence-electron chi connectivity index (χ1n) is 12.2. The van der Waals surface area contributed by atoms with Gasteiger partial charge in [-0.2, -0.15) is 0 Å². The third-order valence-corrected chi connectivity index (χ3v) is 2.88. The number of aromatic nitrogens is 1. The number of fused-ring (bicyclic) bond motifs is 1. The molecule has 2 N–H and O–H groups in total. The summed E-state index contributed by atoms with van der Waals surface area (Å²) in [6, 6.07) is -3.07. The average Bonchev–Trinajstić information content (AvgIpc) is 3.11. The highest BCUT2D eigenvalue weighted by Crippen LogP contribution is 2.21. The standard InChI is InChI=1S/C16H21N3O2/c1-19(2)6-5-12-9-17-15-4-3-11(8-14(12)15)7-13-10-21-16(20)18-13/h3-4,8-9,13,17H,5-7,10H2,1-2H3,(H,18,20)/t13-/m0/s1/i1D3,3D,4D,5D2,8D,10D2/hD2. The van der Waals surface area contributed by atoms with E-state index in [0.717, 1.165) is 11.1 Å². The lowest BCUT2D eigenvalue weighted by atomic mass is 10.0. The second-order valence-corrected chi connectivity index (χ2v) is 4.62. The van der Waals surface area contributed by atoms with Crippen molar-refractivity contribution in [3.05, 3.63) is 35.5 Å². The normalized spacial score (nSPS) is 30.7. The van der Waals surface area contributed by atoms with E-state index in [4.69, 9.17) is 16.5 Å². The first-order chi connectivity index (χ1) is 14.9. The number of amides is 1. The summed E-state index contributed by atoms with van der Waals surface area (Å²) < 4.78 is 100. The summed E-state index contributed by atoms with van der Waals surface area (Å²) in [6.07, 6.45) is -3.16. The first kappa shape index (κ1) is 5.65. The highest BCUT2D eigenvalue weighted by molar-refractivity contribution is 5.84. The van der Waals surface area contributed by atoms with Crippen molar-refractivity contribution in [2.75, 3.05) is 27.1 Å². The highest BCUT2D eigenvalue weighted by atomic mass is 16.6. The maximum atomic E-state index is 11.6.